The second kappa shape index (κ2) is 7.34. The number of hydrogen-bond acceptors (Lipinski definition) is 4. The summed E-state index contributed by atoms with van der Waals surface area (Å²) in [6.07, 6.45) is 0. The molecule has 1 aliphatic heterocycles. The van der Waals surface area contributed by atoms with Crippen molar-refractivity contribution in [2.75, 3.05) is 26.7 Å². The number of ether oxygens (including phenoxy) is 1. The molecular formula is C18H22N2O3S. The molecule has 0 bridgehead atoms. The number of methoxy groups -OCH3 is 1. The minimum absolute atomic E-state index is 0.0134. The van der Waals surface area contributed by atoms with E-state index in [1.165, 1.54) is 0 Å². The van der Waals surface area contributed by atoms with Crippen molar-refractivity contribution in [2.24, 2.45) is 0 Å². The topological polar surface area (TPSA) is 58.6 Å². The first kappa shape index (κ1) is 17.0. The first-order valence-electron chi connectivity index (χ1n) is 7.99. The third-order valence-electron chi connectivity index (χ3n) is 4.24. The van der Waals surface area contributed by atoms with Gasteiger partial charge in [-0.15, -0.1) is 0 Å². The lowest BCUT2D eigenvalue weighted by Gasteiger charge is -2.36. The van der Waals surface area contributed by atoms with Crippen LogP contribution in [-0.4, -0.2) is 39.5 Å². The molecule has 1 saturated heterocycles. The fourth-order valence-corrected chi connectivity index (χ4v) is 4.82. The highest BCUT2D eigenvalue weighted by molar-refractivity contribution is 7.88. The van der Waals surface area contributed by atoms with E-state index < -0.39 is 10.0 Å². The molecule has 0 radical (unpaired) electrons. The molecule has 0 spiro atoms. The van der Waals surface area contributed by atoms with Crippen LogP contribution in [0.4, 0.5) is 0 Å². The third-order valence-corrected chi connectivity index (χ3v) is 6.09. The third kappa shape index (κ3) is 3.61. The fourth-order valence-electron chi connectivity index (χ4n) is 3.09. The Kier molecular flexibility index (Phi) is 5.18. The number of sulfonamides is 1. The van der Waals surface area contributed by atoms with Gasteiger partial charge in [0.15, 0.2) is 0 Å². The van der Waals surface area contributed by atoms with Gasteiger partial charge in [0.1, 0.15) is 5.75 Å². The van der Waals surface area contributed by atoms with Crippen LogP contribution in [-0.2, 0) is 15.8 Å². The number of rotatable bonds is 5. The maximum Gasteiger partial charge on any atom is 0.218 e. The fraction of sp³-hybridized carbons (Fsp3) is 0.333. The van der Waals surface area contributed by atoms with Crippen LogP contribution in [0.2, 0.25) is 0 Å². The smallest absolute Gasteiger partial charge is 0.218 e. The van der Waals surface area contributed by atoms with Crippen LogP contribution in [0.15, 0.2) is 54.6 Å². The second-order valence-corrected chi connectivity index (χ2v) is 7.74. The quantitative estimate of drug-likeness (QED) is 0.901. The van der Waals surface area contributed by atoms with E-state index in [1.54, 1.807) is 11.4 Å². The normalized spacial score (nSPS) is 19.1. The molecule has 2 aromatic carbocycles. The molecule has 0 aliphatic carbocycles. The van der Waals surface area contributed by atoms with Gasteiger partial charge < -0.3 is 10.1 Å². The lowest BCUT2D eigenvalue weighted by atomic mass is 10.0. The van der Waals surface area contributed by atoms with E-state index >= 15 is 0 Å². The van der Waals surface area contributed by atoms with Gasteiger partial charge in [-0.2, -0.15) is 4.31 Å². The van der Waals surface area contributed by atoms with Crippen molar-refractivity contribution < 1.29 is 13.2 Å². The number of nitrogens with zero attached hydrogens (tertiary/aromatic N) is 1. The van der Waals surface area contributed by atoms with Crippen LogP contribution >= 0.6 is 0 Å². The van der Waals surface area contributed by atoms with Crippen molar-refractivity contribution in [1.82, 2.24) is 9.62 Å². The van der Waals surface area contributed by atoms with E-state index in [4.69, 9.17) is 4.74 Å². The maximum atomic E-state index is 13.0. The lowest BCUT2D eigenvalue weighted by molar-refractivity contribution is 0.264. The highest BCUT2D eigenvalue weighted by Gasteiger charge is 2.34. The molecule has 1 fully saturated rings. The summed E-state index contributed by atoms with van der Waals surface area (Å²) >= 11 is 0. The maximum absolute atomic E-state index is 13.0. The molecule has 0 saturated carbocycles. The molecule has 1 atom stereocenters. The predicted octanol–water partition coefficient (Wildman–Crippen LogP) is 2.17. The van der Waals surface area contributed by atoms with Crippen LogP contribution in [0.3, 0.4) is 0 Å². The van der Waals surface area contributed by atoms with E-state index in [9.17, 15) is 8.42 Å². The number of nitrogens with one attached hydrogen (secondary N) is 1. The molecule has 1 heterocycles. The zero-order chi connectivity index (χ0) is 17.0. The van der Waals surface area contributed by atoms with Gasteiger partial charge in [-0.3, -0.25) is 0 Å². The molecular weight excluding hydrogens is 324 g/mol. The molecule has 3 rings (SSSR count). The van der Waals surface area contributed by atoms with Gasteiger partial charge in [-0.1, -0.05) is 48.5 Å². The largest absolute Gasteiger partial charge is 0.496 e. The molecule has 128 valence electrons. The van der Waals surface area contributed by atoms with E-state index in [0.717, 1.165) is 11.1 Å². The highest BCUT2D eigenvalue weighted by atomic mass is 32.2. The van der Waals surface area contributed by atoms with Crippen molar-refractivity contribution in [1.29, 1.82) is 0 Å². The van der Waals surface area contributed by atoms with Gasteiger partial charge in [0.2, 0.25) is 10.0 Å². The molecule has 1 N–H and O–H groups in total. The van der Waals surface area contributed by atoms with Crippen molar-refractivity contribution >= 4 is 10.0 Å². The number of benzene rings is 2. The van der Waals surface area contributed by atoms with E-state index in [2.05, 4.69) is 5.32 Å². The molecule has 6 heteroatoms. The lowest BCUT2D eigenvalue weighted by Crippen LogP contribution is -2.49. The average Bonchev–Trinajstić information content (AvgIpc) is 2.62. The van der Waals surface area contributed by atoms with Crippen LogP contribution in [0.1, 0.15) is 17.2 Å². The molecule has 0 aromatic heterocycles. The highest BCUT2D eigenvalue weighted by Crippen LogP contribution is 2.32. The van der Waals surface area contributed by atoms with Crippen molar-refractivity contribution in [3.05, 3.63) is 65.7 Å². The number of piperazine rings is 1. The number of para-hydroxylation sites is 1. The van der Waals surface area contributed by atoms with E-state index in [1.807, 2.05) is 54.6 Å². The summed E-state index contributed by atoms with van der Waals surface area (Å²) in [6, 6.07) is 16.6. The Bertz CT molecular complexity index is 778. The summed E-state index contributed by atoms with van der Waals surface area (Å²) in [5.41, 5.74) is 1.69. The van der Waals surface area contributed by atoms with Crippen LogP contribution in [0, 0.1) is 0 Å². The molecule has 1 aliphatic rings. The molecule has 1 unspecified atom stereocenters. The van der Waals surface area contributed by atoms with Crippen LogP contribution < -0.4 is 10.1 Å². The molecule has 2 aromatic rings. The summed E-state index contributed by atoms with van der Waals surface area (Å²) in [4.78, 5) is 0. The summed E-state index contributed by atoms with van der Waals surface area (Å²) < 4.78 is 33.0. The Morgan fingerprint density at radius 2 is 1.83 bits per heavy atom. The van der Waals surface area contributed by atoms with E-state index in [-0.39, 0.29) is 11.8 Å². The van der Waals surface area contributed by atoms with Gasteiger partial charge in [0.25, 0.3) is 0 Å². The zero-order valence-corrected chi connectivity index (χ0v) is 14.5. The van der Waals surface area contributed by atoms with E-state index in [0.29, 0.717) is 25.4 Å². The summed E-state index contributed by atoms with van der Waals surface area (Å²) in [5, 5.41) is 3.29. The summed E-state index contributed by atoms with van der Waals surface area (Å²) in [5.74, 6) is 0.727. The van der Waals surface area contributed by atoms with Gasteiger partial charge in [-0.05, 0) is 11.6 Å². The first-order valence-corrected chi connectivity index (χ1v) is 9.60. The van der Waals surface area contributed by atoms with Gasteiger partial charge in [0, 0.05) is 25.2 Å². The minimum Gasteiger partial charge on any atom is -0.496 e. The second-order valence-electron chi connectivity index (χ2n) is 5.81. The first-order chi connectivity index (χ1) is 11.6. The SMILES string of the molecule is COc1ccccc1C1CNCCN1S(=O)(=O)Cc1ccccc1. The van der Waals surface area contributed by atoms with Crippen molar-refractivity contribution in [2.45, 2.75) is 11.8 Å². The Hall–Kier alpha value is -1.89. The summed E-state index contributed by atoms with van der Waals surface area (Å²) in [6.45, 7) is 1.69. The van der Waals surface area contributed by atoms with Crippen LogP contribution in [0.25, 0.3) is 0 Å². The Labute approximate surface area is 143 Å². The van der Waals surface area contributed by atoms with Crippen molar-refractivity contribution in [3.63, 3.8) is 0 Å². The van der Waals surface area contributed by atoms with Gasteiger partial charge >= 0.3 is 0 Å². The monoisotopic (exact) mass is 346 g/mol. The standard InChI is InChI=1S/C18H22N2O3S/c1-23-18-10-6-5-9-16(18)17-13-19-11-12-20(17)24(21,22)14-15-7-3-2-4-8-15/h2-10,17,19H,11-14H2,1H3. The molecule has 24 heavy (non-hydrogen) atoms. The molecule has 0 amide bonds. The Morgan fingerprint density at radius 1 is 1.12 bits per heavy atom. The average molecular weight is 346 g/mol. The Balaban J connectivity index is 1.92. The predicted molar refractivity (Wildman–Crippen MR) is 94.4 cm³/mol. The number of hydrogen-bond donors (Lipinski definition) is 1. The Morgan fingerprint density at radius 3 is 2.58 bits per heavy atom. The van der Waals surface area contributed by atoms with Gasteiger partial charge in [-0.25, -0.2) is 8.42 Å². The minimum atomic E-state index is -3.42. The van der Waals surface area contributed by atoms with Crippen LogP contribution in [0.5, 0.6) is 5.75 Å². The molecule has 5 nitrogen and oxygen atoms in total. The van der Waals surface area contributed by atoms with Crippen molar-refractivity contribution in [3.8, 4) is 5.75 Å². The summed E-state index contributed by atoms with van der Waals surface area (Å²) in [7, 11) is -1.81. The van der Waals surface area contributed by atoms with Gasteiger partial charge in [0.05, 0.1) is 18.9 Å². The zero-order valence-electron chi connectivity index (χ0n) is 13.7.